The Morgan fingerprint density at radius 1 is 1.80 bits per heavy atom. The van der Waals surface area contributed by atoms with Crippen molar-refractivity contribution in [1.82, 2.24) is 10.3 Å². The van der Waals surface area contributed by atoms with Gasteiger partial charge in [-0.1, -0.05) is 0 Å². The monoisotopic (exact) mass is 143 g/mol. The highest BCUT2D eigenvalue weighted by molar-refractivity contribution is 5.74. The molecule has 0 spiro atoms. The molecule has 6 nitrogen and oxygen atoms in total. The highest BCUT2D eigenvalue weighted by Gasteiger charge is 2.22. The van der Waals surface area contributed by atoms with E-state index >= 15 is 0 Å². The van der Waals surface area contributed by atoms with Crippen LogP contribution < -0.4 is 5.32 Å². The second kappa shape index (κ2) is 2.34. The zero-order valence-corrected chi connectivity index (χ0v) is 4.98. The van der Waals surface area contributed by atoms with Crippen LogP contribution in [0.3, 0.4) is 0 Å². The number of carbonyl (C=O) groups excluding carboxylic acids is 1. The summed E-state index contributed by atoms with van der Waals surface area (Å²) in [6.45, 7) is 0.350. The van der Waals surface area contributed by atoms with Crippen LogP contribution in [0.4, 0.5) is 4.79 Å². The van der Waals surface area contributed by atoms with Crippen LogP contribution in [-0.2, 0) is 0 Å². The fraction of sp³-hybridized carbons (Fsp3) is 0.250. The van der Waals surface area contributed by atoms with Crippen molar-refractivity contribution < 1.29 is 9.83 Å². The minimum Gasteiger partial charge on any atom is -0.330 e. The molecule has 0 atom stereocenters. The molecule has 2 amide bonds. The summed E-state index contributed by atoms with van der Waals surface area (Å²) in [7, 11) is 0. The smallest absolute Gasteiger partial charge is 0.330 e. The lowest BCUT2D eigenvalue weighted by Gasteiger charge is -2.11. The summed E-state index contributed by atoms with van der Waals surface area (Å²) in [6, 6.07) is -0.701. The molecule has 1 heterocycles. The predicted octanol–water partition coefficient (Wildman–Crippen LogP) is -0.283. The van der Waals surface area contributed by atoms with Gasteiger partial charge in [-0.25, -0.2) is 14.9 Å². The molecule has 0 aliphatic carbocycles. The Bertz CT molecular complexity index is 200. The maximum atomic E-state index is 10.6. The maximum absolute atomic E-state index is 10.6. The van der Waals surface area contributed by atoms with Gasteiger partial charge >= 0.3 is 6.03 Å². The molecule has 6 heteroatoms. The summed E-state index contributed by atoms with van der Waals surface area (Å²) in [5.74, 6) is 0. The Morgan fingerprint density at radius 2 is 2.50 bits per heavy atom. The second-order valence-electron chi connectivity index (χ2n) is 1.65. The van der Waals surface area contributed by atoms with Crippen LogP contribution in [0.2, 0.25) is 0 Å². The molecule has 0 aromatic carbocycles. The molecule has 0 saturated carbocycles. The van der Waals surface area contributed by atoms with Gasteiger partial charge in [0.15, 0.2) is 5.03 Å². The maximum Gasteiger partial charge on any atom is 0.380 e. The van der Waals surface area contributed by atoms with Crippen LogP contribution in [0.15, 0.2) is 12.3 Å². The predicted molar refractivity (Wildman–Crippen MR) is 31.4 cm³/mol. The number of carbonyl (C=O) groups is 1. The van der Waals surface area contributed by atoms with Crippen molar-refractivity contribution in [3.05, 3.63) is 22.4 Å². The van der Waals surface area contributed by atoms with Gasteiger partial charge in [-0.05, 0) is 11.1 Å². The largest absolute Gasteiger partial charge is 0.380 e. The zero-order chi connectivity index (χ0) is 7.56. The lowest BCUT2D eigenvalue weighted by Crippen LogP contribution is -2.42. The van der Waals surface area contributed by atoms with E-state index in [4.69, 9.17) is 0 Å². The number of rotatable bonds is 1. The summed E-state index contributed by atoms with van der Waals surface area (Å²) >= 11 is 0. The fourth-order valence-corrected chi connectivity index (χ4v) is 0.576. The van der Waals surface area contributed by atoms with Crippen molar-refractivity contribution in [2.75, 3.05) is 6.54 Å². The number of urea groups is 1. The van der Waals surface area contributed by atoms with Crippen LogP contribution in [0.1, 0.15) is 0 Å². The summed E-state index contributed by atoms with van der Waals surface area (Å²) in [4.78, 5) is 20.5. The van der Waals surface area contributed by atoms with Crippen LogP contribution >= 0.6 is 0 Å². The van der Waals surface area contributed by atoms with Crippen molar-refractivity contribution in [3.8, 4) is 0 Å². The van der Waals surface area contributed by atoms with Gasteiger partial charge in [0, 0.05) is 6.54 Å². The minimum absolute atomic E-state index is 0.350. The van der Waals surface area contributed by atoms with E-state index in [0.717, 1.165) is 6.20 Å². The van der Waals surface area contributed by atoms with E-state index in [-0.39, 0.29) is 0 Å². The summed E-state index contributed by atoms with van der Waals surface area (Å²) < 4.78 is 0. The highest BCUT2D eigenvalue weighted by Crippen LogP contribution is 1.95. The number of nitrogens with one attached hydrogen (secondary N) is 1. The quantitative estimate of drug-likeness (QED) is 0.405. The molecular weight excluding hydrogens is 138 g/mol. The molecule has 54 valence electrons. The van der Waals surface area contributed by atoms with Crippen molar-refractivity contribution in [2.45, 2.75) is 0 Å². The first-order chi connectivity index (χ1) is 4.72. The topological polar surface area (TPSA) is 75.5 Å². The van der Waals surface area contributed by atoms with Crippen LogP contribution in [-0.4, -0.2) is 22.6 Å². The van der Waals surface area contributed by atoms with Gasteiger partial charge in [0.1, 0.15) is 0 Å². The van der Waals surface area contributed by atoms with E-state index < -0.39 is 11.1 Å². The van der Waals surface area contributed by atoms with Gasteiger partial charge in [-0.2, -0.15) is 0 Å². The molecule has 0 unspecified atom stereocenters. The van der Waals surface area contributed by atoms with E-state index in [0.29, 0.717) is 11.6 Å². The van der Waals surface area contributed by atoms with Crippen molar-refractivity contribution in [1.29, 1.82) is 0 Å². The second-order valence-corrected chi connectivity index (χ2v) is 1.65. The Hall–Kier alpha value is -1.59. The van der Waals surface area contributed by atoms with Crippen molar-refractivity contribution in [3.63, 3.8) is 0 Å². The summed E-state index contributed by atoms with van der Waals surface area (Å²) in [5.41, 5.74) is 0. The van der Waals surface area contributed by atoms with Gasteiger partial charge < -0.3 is 5.32 Å². The van der Waals surface area contributed by atoms with E-state index in [1.807, 2.05) is 0 Å². The number of hydrogen-bond donors (Lipinski definition) is 1. The number of hydrogen-bond acceptors (Lipinski definition) is 3. The summed E-state index contributed by atoms with van der Waals surface area (Å²) in [5, 5.41) is 11.9. The van der Waals surface area contributed by atoms with E-state index in [2.05, 4.69) is 5.32 Å². The molecule has 10 heavy (non-hydrogen) atoms. The average Bonchev–Trinajstić information content (AvgIpc) is 1.88. The Kier molecular flexibility index (Phi) is 1.53. The first-order valence-corrected chi connectivity index (χ1v) is 2.60. The number of nitro groups is 1. The lowest BCUT2D eigenvalue weighted by molar-refractivity contribution is -0.617. The third kappa shape index (κ3) is 1.04. The Balaban J connectivity index is 2.73. The molecule has 0 radical (unpaired) electrons. The molecule has 1 N–H and O–H groups in total. The molecule has 0 bridgehead atoms. The standard InChI is InChI=1S/C4H5N3O3/c8-4-5-2-1-3-6(4)7(9)10/h1,3H,2H2,(H,5,8). The highest BCUT2D eigenvalue weighted by atomic mass is 16.7. The van der Waals surface area contributed by atoms with Crippen LogP contribution in [0, 0.1) is 10.1 Å². The molecule has 1 aliphatic heterocycles. The van der Waals surface area contributed by atoms with Crippen LogP contribution in [0.5, 0.6) is 0 Å². The Morgan fingerprint density at radius 3 is 2.90 bits per heavy atom. The van der Waals surface area contributed by atoms with Gasteiger partial charge in [0.05, 0.1) is 6.20 Å². The van der Waals surface area contributed by atoms with Crippen molar-refractivity contribution >= 4 is 6.03 Å². The molecule has 0 aromatic heterocycles. The number of nitrogens with zero attached hydrogens (tertiary/aromatic N) is 2. The van der Waals surface area contributed by atoms with E-state index in [1.54, 1.807) is 0 Å². The number of hydrazine groups is 1. The van der Waals surface area contributed by atoms with Crippen molar-refractivity contribution in [2.24, 2.45) is 0 Å². The van der Waals surface area contributed by atoms with E-state index in [9.17, 15) is 14.9 Å². The van der Waals surface area contributed by atoms with Gasteiger partial charge in [-0.15, -0.1) is 0 Å². The first-order valence-electron chi connectivity index (χ1n) is 2.60. The van der Waals surface area contributed by atoms with Gasteiger partial charge in [0.2, 0.25) is 0 Å². The molecule has 0 saturated heterocycles. The zero-order valence-electron chi connectivity index (χ0n) is 4.98. The third-order valence-electron chi connectivity index (χ3n) is 1.00. The Labute approximate surface area is 56.2 Å². The minimum atomic E-state index is -0.787. The first kappa shape index (κ1) is 6.53. The third-order valence-corrected chi connectivity index (χ3v) is 1.00. The lowest BCUT2D eigenvalue weighted by atomic mass is 10.5. The average molecular weight is 143 g/mol. The fourth-order valence-electron chi connectivity index (χ4n) is 0.576. The SMILES string of the molecule is O=C1NCC=CN1[N+](=O)[O-]. The molecular formula is C4H5N3O3. The molecule has 0 fully saturated rings. The number of amides is 2. The molecule has 1 aliphatic rings. The van der Waals surface area contributed by atoms with E-state index in [1.165, 1.54) is 6.08 Å². The van der Waals surface area contributed by atoms with Gasteiger partial charge in [-0.3, -0.25) is 0 Å². The normalized spacial score (nSPS) is 16.8. The summed E-state index contributed by atoms with van der Waals surface area (Å²) in [6.07, 6.45) is 2.61. The van der Waals surface area contributed by atoms with Crippen LogP contribution in [0.25, 0.3) is 0 Å². The molecule has 1 rings (SSSR count). The molecule has 0 aromatic rings. The van der Waals surface area contributed by atoms with Gasteiger partial charge in [0.25, 0.3) is 0 Å².